The highest BCUT2D eigenvalue weighted by Gasteiger charge is 2.25. The Labute approximate surface area is 148 Å². The van der Waals surface area contributed by atoms with E-state index in [1.165, 1.54) is 27.1 Å². The molecule has 3 nitrogen and oxygen atoms in total. The highest BCUT2D eigenvalue weighted by molar-refractivity contribution is 7.14. The predicted octanol–water partition coefficient (Wildman–Crippen LogP) is 4.58. The first kappa shape index (κ1) is 17.2. The normalized spacial score (nSPS) is 15.6. The van der Waals surface area contributed by atoms with Gasteiger partial charge >= 0.3 is 0 Å². The van der Waals surface area contributed by atoms with Crippen LogP contribution in [-0.4, -0.2) is 16.8 Å². The standard InChI is InChI=1S/C20H26N2OS/c1-12(2)22-10-16-9-18(24-19(16)11-22)20(23)21-15(5)17-7-6-13(3)8-14(17)4/h6-9,12,15H,10-11H2,1-5H3,(H,21,23)/t15-/m1/s1. The fraction of sp³-hybridized carbons (Fsp3) is 0.450. The van der Waals surface area contributed by atoms with Crippen molar-refractivity contribution < 1.29 is 4.79 Å². The number of thiophene rings is 1. The summed E-state index contributed by atoms with van der Waals surface area (Å²) < 4.78 is 0. The second kappa shape index (κ2) is 6.69. The van der Waals surface area contributed by atoms with E-state index >= 15 is 0 Å². The molecule has 24 heavy (non-hydrogen) atoms. The molecule has 1 aromatic carbocycles. The molecule has 1 N–H and O–H groups in total. The molecule has 0 unspecified atom stereocenters. The number of fused-ring (bicyclic) bond motifs is 1. The zero-order valence-electron chi connectivity index (χ0n) is 15.1. The number of hydrogen-bond donors (Lipinski definition) is 1. The first-order chi connectivity index (χ1) is 11.3. The number of nitrogens with zero attached hydrogens (tertiary/aromatic N) is 1. The van der Waals surface area contributed by atoms with Gasteiger partial charge in [0.15, 0.2) is 0 Å². The van der Waals surface area contributed by atoms with Crippen molar-refractivity contribution in [3.63, 3.8) is 0 Å². The van der Waals surface area contributed by atoms with E-state index in [-0.39, 0.29) is 11.9 Å². The average molecular weight is 343 g/mol. The van der Waals surface area contributed by atoms with E-state index < -0.39 is 0 Å². The molecule has 0 bridgehead atoms. The molecule has 3 rings (SSSR count). The fourth-order valence-electron chi connectivity index (χ4n) is 3.33. The summed E-state index contributed by atoms with van der Waals surface area (Å²) in [6.07, 6.45) is 0. The summed E-state index contributed by atoms with van der Waals surface area (Å²) in [6.45, 7) is 12.6. The van der Waals surface area contributed by atoms with E-state index in [4.69, 9.17) is 0 Å². The summed E-state index contributed by atoms with van der Waals surface area (Å²) in [5.74, 6) is 0.0398. The smallest absolute Gasteiger partial charge is 0.261 e. The van der Waals surface area contributed by atoms with Crippen molar-refractivity contribution in [2.24, 2.45) is 0 Å². The Morgan fingerprint density at radius 3 is 2.54 bits per heavy atom. The summed E-state index contributed by atoms with van der Waals surface area (Å²) in [5, 5.41) is 3.15. The Hall–Kier alpha value is -1.65. The molecule has 0 spiro atoms. The molecule has 0 aliphatic carbocycles. The number of carbonyl (C=O) groups excluding carboxylic acids is 1. The van der Waals surface area contributed by atoms with Crippen molar-refractivity contribution in [3.8, 4) is 0 Å². The number of aryl methyl sites for hydroxylation is 2. The Morgan fingerprint density at radius 1 is 1.17 bits per heavy atom. The van der Waals surface area contributed by atoms with E-state index in [1.54, 1.807) is 11.3 Å². The topological polar surface area (TPSA) is 32.3 Å². The Morgan fingerprint density at radius 2 is 1.92 bits per heavy atom. The Balaban J connectivity index is 1.69. The van der Waals surface area contributed by atoms with Gasteiger partial charge in [-0.15, -0.1) is 11.3 Å². The van der Waals surface area contributed by atoms with Gasteiger partial charge in [-0.1, -0.05) is 23.8 Å². The minimum Gasteiger partial charge on any atom is -0.345 e. The predicted molar refractivity (Wildman–Crippen MR) is 100 cm³/mol. The monoisotopic (exact) mass is 342 g/mol. The molecule has 4 heteroatoms. The van der Waals surface area contributed by atoms with Gasteiger partial charge in [0.2, 0.25) is 0 Å². The van der Waals surface area contributed by atoms with E-state index in [0.29, 0.717) is 6.04 Å². The van der Waals surface area contributed by atoms with E-state index in [9.17, 15) is 4.79 Å². The van der Waals surface area contributed by atoms with Crippen molar-refractivity contribution in [1.82, 2.24) is 10.2 Å². The lowest BCUT2D eigenvalue weighted by molar-refractivity contribution is 0.0943. The van der Waals surface area contributed by atoms with Crippen molar-refractivity contribution in [1.29, 1.82) is 0 Å². The molecule has 0 fully saturated rings. The van der Waals surface area contributed by atoms with Crippen molar-refractivity contribution in [2.75, 3.05) is 0 Å². The zero-order chi connectivity index (χ0) is 17.4. The van der Waals surface area contributed by atoms with Crippen LogP contribution in [-0.2, 0) is 13.1 Å². The van der Waals surface area contributed by atoms with Crippen LogP contribution < -0.4 is 5.32 Å². The zero-order valence-corrected chi connectivity index (χ0v) is 16.0. The van der Waals surface area contributed by atoms with Crippen LogP contribution in [0.2, 0.25) is 0 Å². The van der Waals surface area contributed by atoms with Crippen LogP contribution in [0.3, 0.4) is 0 Å². The van der Waals surface area contributed by atoms with Crippen LogP contribution in [0.4, 0.5) is 0 Å². The summed E-state index contributed by atoms with van der Waals surface area (Å²) in [5.41, 5.74) is 4.98. The molecule has 1 aliphatic heterocycles. The van der Waals surface area contributed by atoms with Crippen LogP contribution in [0.25, 0.3) is 0 Å². The van der Waals surface area contributed by atoms with Gasteiger partial charge in [-0.05, 0) is 57.4 Å². The van der Waals surface area contributed by atoms with Gasteiger partial charge < -0.3 is 5.32 Å². The van der Waals surface area contributed by atoms with Gasteiger partial charge in [0.25, 0.3) is 5.91 Å². The summed E-state index contributed by atoms with van der Waals surface area (Å²) in [6, 6.07) is 9.02. The van der Waals surface area contributed by atoms with Gasteiger partial charge in [-0.2, -0.15) is 0 Å². The van der Waals surface area contributed by atoms with E-state index in [0.717, 1.165) is 18.0 Å². The number of nitrogens with one attached hydrogen (secondary N) is 1. The molecule has 0 saturated heterocycles. The maximum atomic E-state index is 12.6. The van der Waals surface area contributed by atoms with Crippen molar-refractivity contribution >= 4 is 17.2 Å². The van der Waals surface area contributed by atoms with Crippen LogP contribution in [0.15, 0.2) is 24.3 Å². The van der Waals surface area contributed by atoms with E-state index in [2.05, 4.69) is 69.1 Å². The second-order valence-electron chi connectivity index (χ2n) is 7.11. The van der Waals surface area contributed by atoms with Gasteiger partial charge in [0.1, 0.15) is 0 Å². The van der Waals surface area contributed by atoms with E-state index in [1.807, 2.05) is 0 Å². The third-order valence-electron chi connectivity index (χ3n) is 4.81. The molecule has 1 aromatic heterocycles. The lowest BCUT2D eigenvalue weighted by Crippen LogP contribution is -2.27. The number of hydrogen-bond acceptors (Lipinski definition) is 3. The first-order valence-corrected chi connectivity index (χ1v) is 9.40. The SMILES string of the molecule is Cc1ccc([C@@H](C)NC(=O)c2cc3c(s2)CN(C(C)C)C3)c(C)c1. The molecule has 0 radical (unpaired) electrons. The third-order valence-corrected chi connectivity index (χ3v) is 5.97. The van der Waals surface area contributed by atoms with Gasteiger partial charge in [-0.25, -0.2) is 0 Å². The minimum atomic E-state index is 0.0159. The number of carbonyl (C=O) groups is 1. The molecular formula is C20H26N2OS. The maximum absolute atomic E-state index is 12.6. The largest absolute Gasteiger partial charge is 0.345 e. The molecule has 0 saturated carbocycles. The summed E-state index contributed by atoms with van der Waals surface area (Å²) in [7, 11) is 0. The van der Waals surface area contributed by atoms with Crippen LogP contribution >= 0.6 is 11.3 Å². The van der Waals surface area contributed by atoms with Gasteiger partial charge in [0, 0.05) is 24.0 Å². The molecular weight excluding hydrogens is 316 g/mol. The lowest BCUT2D eigenvalue weighted by atomic mass is 10.0. The quantitative estimate of drug-likeness (QED) is 0.882. The van der Waals surface area contributed by atoms with Crippen LogP contribution in [0.1, 0.15) is 63.6 Å². The van der Waals surface area contributed by atoms with Gasteiger partial charge in [0.05, 0.1) is 10.9 Å². The number of benzene rings is 1. The first-order valence-electron chi connectivity index (χ1n) is 8.58. The molecule has 1 amide bonds. The minimum absolute atomic E-state index is 0.0159. The Bertz CT molecular complexity index is 739. The van der Waals surface area contributed by atoms with Crippen molar-refractivity contribution in [3.05, 3.63) is 56.3 Å². The number of amides is 1. The lowest BCUT2D eigenvalue weighted by Gasteiger charge is -2.19. The second-order valence-corrected chi connectivity index (χ2v) is 8.25. The maximum Gasteiger partial charge on any atom is 0.261 e. The van der Waals surface area contributed by atoms with Crippen LogP contribution in [0, 0.1) is 13.8 Å². The highest BCUT2D eigenvalue weighted by atomic mass is 32.1. The average Bonchev–Trinajstić information content (AvgIpc) is 3.05. The fourth-order valence-corrected chi connectivity index (χ4v) is 4.43. The third kappa shape index (κ3) is 3.40. The van der Waals surface area contributed by atoms with Gasteiger partial charge in [-0.3, -0.25) is 9.69 Å². The molecule has 1 aliphatic rings. The highest BCUT2D eigenvalue weighted by Crippen LogP contribution is 2.32. The summed E-state index contributed by atoms with van der Waals surface area (Å²) >= 11 is 1.64. The van der Waals surface area contributed by atoms with Crippen LogP contribution in [0.5, 0.6) is 0 Å². The number of rotatable bonds is 4. The van der Waals surface area contributed by atoms with Crippen molar-refractivity contribution in [2.45, 2.75) is 59.8 Å². The Kier molecular flexibility index (Phi) is 4.79. The molecule has 2 heterocycles. The summed E-state index contributed by atoms with van der Waals surface area (Å²) in [4.78, 5) is 17.2. The molecule has 1 atom stereocenters. The molecule has 2 aromatic rings. The molecule has 128 valence electrons.